The number of rotatable bonds is 4. The molecule has 1 saturated heterocycles. The summed E-state index contributed by atoms with van der Waals surface area (Å²) in [5.41, 5.74) is 4.03. The third-order valence-corrected chi connectivity index (χ3v) is 3.99. The fourth-order valence-corrected chi connectivity index (χ4v) is 2.74. The van der Waals surface area contributed by atoms with Crippen LogP contribution in [-0.2, 0) is 11.3 Å². The van der Waals surface area contributed by atoms with E-state index >= 15 is 0 Å². The van der Waals surface area contributed by atoms with Crippen molar-refractivity contribution in [2.45, 2.75) is 19.6 Å². The highest BCUT2D eigenvalue weighted by molar-refractivity contribution is 5.63. The van der Waals surface area contributed by atoms with Crippen molar-refractivity contribution < 1.29 is 9.84 Å². The number of aliphatic hydroxyl groups is 1. The van der Waals surface area contributed by atoms with Crippen LogP contribution in [-0.4, -0.2) is 41.3 Å². The lowest BCUT2D eigenvalue weighted by atomic mass is 10.0. The maximum Gasteiger partial charge on any atom is 0.0932 e. The predicted molar refractivity (Wildman–Crippen MR) is 86.4 cm³/mol. The van der Waals surface area contributed by atoms with Crippen LogP contribution in [0.4, 0.5) is 0 Å². The van der Waals surface area contributed by atoms with Gasteiger partial charge < -0.3 is 9.84 Å². The normalized spacial score (nSPS) is 17.4. The quantitative estimate of drug-likeness (QED) is 0.942. The molecule has 116 valence electrons. The SMILES string of the molecule is CC(O)c1cccc(-c2ccccc2CN2CCOCC2)n1. The molecule has 0 spiro atoms. The van der Waals surface area contributed by atoms with Crippen molar-refractivity contribution in [2.24, 2.45) is 0 Å². The highest BCUT2D eigenvalue weighted by atomic mass is 16.5. The first-order chi connectivity index (χ1) is 10.7. The second-order valence-electron chi connectivity index (χ2n) is 5.67. The predicted octanol–water partition coefficient (Wildman–Crippen LogP) is 2.63. The van der Waals surface area contributed by atoms with Crippen LogP contribution in [0, 0.1) is 0 Å². The molecule has 1 fully saturated rings. The number of aliphatic hydroxyl groups excluding tert-OH is 1. The van der Waals surface area contributed by atoms with Gasteiger partial charge in [-0.15, -0.1) is 0 Å². The Morgan fingerprint density at radius 2 is 1.91 bits per heavy atom. The van der Waals surface area contributed by atoms with Crippen LogP contribution in [0.2, 0.25) is 0 Å². The summed E-state index contributed by atoms with van der Waals surface area (Å²) >= 11 is 0. The second kappa shape index (κ2) is 7.01. The smallest absolute Gasteiger partial charge is 0.0932 e. The molecule has 3 rings (SSSR count). The number of pyridine rings is 1. The summed E-state index contributed by atoms with van der Waals surface area (Å²) < 4.78 is 5.41. The minimum Gasteiger partial charge on any atom is -0.387 e. The van der Waals surface area contributed by atoms with Gasteiger partial charge in [0.1, 0.15) is 0 Å². The first kappa shape index (κ1) is 15.2. The second-order valence-corrected chi connectivity index (χ2v) is 5.67. The van der Waals surface area contributed by atoms with Crippen LogP contribution in [0.5, 0.6) is 0 Å². The molecule has 0 saturated carbocycles. The highest BCUT2D eigenvalue weighted by Gasteiger charge is 2.14. The van der Waals surface area contributed by atoms with Gasteiger partial charge in [-0.25, -0.2) is 0 Å². The van der Waals surface area contributed by atoms with E-state index in [1.807, 2.05) is 24.3 Å². The van der Waals surface area contributed by atoms with E-state index in [4.69, 9.17) is 4.74 Å². The average Bonchev–Trinajstić information content (AvgIpc) is 2.56. The summed E-state index contributed by atoms with van der Waals surface area (Å²) in [7, 11) is 0. The number of hydrogen-bond acceptors (Lipinski definition) is 4. The monoisotopic (exact) mass is 298 g/mol. The van der Waals surface area contributed by atoms with Gasteiger partial charge in [0, 0.05) is 25.2 Å². The van der Waals surface area contributed by atoms with Crippen molar-refractivity contribution in [3.63, 3.8) is 0 Å². The van der Waals surface area contributed by atoms with Gasteiger partial charge in [0.2, 0.25) is 0 Å². The zero-order valence-corrected chi connectivity index (χ0v) is 12.9. The van der Waals surface area contributed by atoms with Gasteiger partial charge >= 0.3 is 0 Å². The standard InChI is InChI=1S/C18H22N2O2/c1-14(21)17-7-4-8-18(19-17)16-6-3-2-5-15(16)13-20-9-11-22-12-10-20/h2-8,14,21H,9-13H2,1H3. The molecule has 2 aromatic rings. The van der Waals surface area contributed by atoms with E-state index in [1.54, 1.807) is 6.92 Å². The largest absolute Gasteiger partial charge is 0.387 e. The Kier molecular flexibility index (Phi) is 4.83. The molecular weight excluding hydrogens is 276 g/mol. The summed E-state index contributed by atoms with van der Waals surface area (Å²) in [6, 6.07) is 14.2. The topological polar surface area (TPSA) is 45.6 Å². The van der Waals surface area contributed by atoms with Gasteiger partial charge in [-0.3, -0.25) is 9.88 Å². The Labute approximate surface area is 131 Å². The molecule has 4 heteroatoms. The summed E-state index contributed by atoms with van der Waals surface area (Å²) in [6.45, 7) is 6.19. The summed E-state index contributed by atoms with van der Waals surface area (Å²) in [6.07, 6.45) is -0.550. The molecular formula is C18H22N2O2. The molecule has 0 amide bonds. The lowest BCUT2D eigenvalue weighted by Crippen LogP contribution is -2.35. The van der Waals surface area contributed by atoms with E-state index in [0.717, 1.165) is 44.1 Å². The number of aromatic nitrogens is 1. The van der Waals surface area contributed by atoms with Crippen molar-refractivity contribution >= 4 is 0 Å². The van der Waals surface area contributed by atoms with Crippen LogP contribution < -0.4 is 0 Å². The summed E-state index contributed by atoms with van der Waals surface area (Å²) in [4.78, 5) is 7.01. The first-order valence-electron chi connectivity index (χ1n) is 7.77. The molecule has 2 heterocycles. The molecule has 1 N–H and O–H groups in total. The number of hydrogen-bond donors (Lipinski definition) is 1. The Morgan fingerprint density at radius 3 is 2.68 bits per heavy atom. The molecule has 22 heavy (non-hydrogen) atoms. The third kappa shape index (κ3) is 3.53. The Morgan fingerprint density at radius 1 is 1.14 bits per heavy atom. The van der Waals surface area contributed by atoms with Crippen molar-refractivity contribution in [2.75, 3.05) is 26.3 Å². The van der Waals surface area contributed by atoms with E-state index in [9.17, 15) is 5.11 Å². The lowest BCUT2D eigenvalue weighted by molar-refractivity contribution is 0.0342. The molecule has 1 aromatic carbocycles. The van der Waals surface area contributed by atoms with Crippen molar-refractivity contribution in [1.82, 2.24) is 9.88 Å². The molecule has 1 unspecified atom stereocenters. The zero-order valence-electron chi connectivity index (χ0n) is 12.9. The van der Waals surface area contributed by atoms with E-state index in [1.165, 1.54) is 5.56 Å². The maximum atomic E-state index is 9.74. The summed E-state index contributed by atoms with van der Waals surface area (Å²) in [5, 5.41) is 9.74. The van der Waals surface area contributed by atoms with E-state index in [-0.39, 0.29) is 0 Å². The van der Waals surface area contributed by atoms with Gasteiger partial charge in [0.25, 0.3) is 0 Å². The molecule has 4 nitrogen and oxygen atoms in total. The van der Waals surface area contributed by atoms with E-state index in [0.29, 0.717) is 5.69 Å². The number of benzene rings is 1. The van der Waals surface area contributed by atoms with Crippen LogP contribution >= 0.6 is 0 Å². The third-order valence-electron chi connectivity index (χ3n) is 3.99. The molecule has 1 aliphatic heterocycles. The molecule has 1 aromatic heterocycles. The fraction of sp³-hybridized carbons (Fsp3) is 0.389. The average molecular weight is 298 g/mol. The minimum absolute atomic E-state index is 0.550. The molecule has 0 aliphatic carbocycles. The van der Waals surface area contributed by atoms with Gasteiger partial charge in [-0.05, 0) is 24.6 Å². The van der Waals surface area contributed by atoms with Gasteiger partial charge in [0.15, 0.2) is 0 Å². The summed E-state index contributed by atoms with van der Waals surface area (Å²) in [5.74, 6) is 0. The first-order valence-corrected chi connectivity index (χ1v) is 7.77. The van der Waals surface area contributed by atoms with Crippen LogP contribution in [0.25, 0.3) is 11.3 Å². The number of nitrogens with zero attached hydrogens (tertiary/aromatic N) is 2. The van der Waals surface area contributed by atoms with E-state index < -0.39 is 6.10 Å². The van der Waals surface area contributed by atoms with Gasteiger partial charge in [0.05, 0.1) is 30.7 Å². The molecule has 1 aliphatic rings. The fourth-order valence-electron chi connectivity index (χ4n) is 2.74. The molecule has 0 radical (unpaired) electrons. The minimum atomic E-state index is -0.550. The maximum absolute atomic E-state index is 9.74. The lowest BCUT2D eigenvalue weighted by Gasteiger charge is -2.27. The van der Waals surface area contributed by atoms with Gasteiger partial charge in [-0.2, -0.15) is 0 Å². The molecule has 1 atom stereocenters. The van der Waals surface area contributed by atoms with E-state index in [2.05, 4.69) is 28.1 Å². The Balaban J connectivity index is 1.88. The van der Waals surface area contributed by atoms with Crippen LogP contribution in [0.3, 0.4) is 0 Å². The number of ether oxygens (including phenoxy) is 1. The zero-order chi connectivity index (χ0) is 15.4. The molecule has 0 bridgehead atoms. The van der Waals surface area contributed by atoms with Crippen LogP contribution in [0.15, 0.2) is 42.5 Å². The van der Waals surface area contributed by atoms with Crippen molar-refractivity contribution in [3.8, 4) is 11.3 Å². The number of morpholine rings is 1. The van der Waals surface area contributed by atoms with Crippen molar-refractivity contribution in [3.05, 3.63) is 53.7 Å². The van der Waals surface area contributed by atoms with Crippen LogP contribution in [0.1, 0.15) is 24.3 Å². The Hall–Kier alpha value is -1.75. The highest BCUT2D eigenvalue weighted by Crippen LogP contribution is 2.24. The Bertz CT molecular complexity index is 622. The van der Waals surface area contributed by atoms with Crippen molar-refractivity contribution in [1.29, 1.82) is 0 Å². The van der Waals surface area contributed by atoms with Gasteiger partial charge in [-0.1, -0.05) is 30.3 Å².